The lowest BCUT2D eigenvalue weighted by Crippen LogP contribution is -2.54. The number of amides is 5. The van der Waals surface area contributed by atoms with Crippen LogP contribution in [0, 0.1) is 0 Å². The lowest BCUT2D eigenvalue weighted by molar-refractivity contribution is -0.136. The van der Waals surface area contributed by atoms with Gasteiger partial charge in [-0.25, -0.2) is 4.79 Å². The molecule has 9 nitrogen and oxygen atoms in total. The van der Waals surface area contributed by atoms with E-state index in [0.29, 0.717) is 22.8 Å². The van der Waals surface area contributed by atoms with Crippen molar-refractivity contribution < 1.29 is 28.7 Å². The van der Waals surface area contributed by atoms with Crippen LogP contribution in [0.5, 0.6) is 0 Å². The Balaban J connectivity index is 1.57. The zero-order chi connectivity index (χ0) is 24.3. The molecule has 1 aromatic rings. The van der Waals surface area contributed by atoms with Gasteiger partial charge in [0, 0.05) is 24.9 Å². The second kappa shape index (κ2) is 9.94. The summed E-state index contributed by atoms with van der Waals surface area (Å²) in [4.78, 5) is 64.8. The number of hydrogen-bond acceptors (Lipinski definition) is 7. The van der Waals surface area contributed by atoms with E-state index >= 15 is 0 Å². The van der Waals surface area contributed by atoms with Gasteiger partial charge < -0.3 is 9.64 Å². The number of thioether (sulfide) groups is 1. The molecule has 1 unspecified atom stereocenters. The van der Waals surface area contributed by atoms with E-state index in [1.165, 1.54) is 16.7 Å². The number of piperidine rings is 1. The van der Waals surface area contributed by atoms with Crippen LogP contribution in [-0.2, 0) is 14.3 Å². The Labute approximate surface area is 197 Å². The Kier molecular flexibility index (Phi) is 7.46. The van der Waals surface area contributed by atoms with Crippen molar-refractivity contribution in [2.45, 2.75) is 63.0 Å². The third-order valence-electron chi connectivity index (χ3n) is 5.28. The summed E-state index contributed by atoms with van der Waals surface area (Å²) in [5.74, 6) is -1.34. The molecule has 178 valence electrons. The molecule has 0 bridgehead atoms. The molecule has 0 spiro atoms. The summed E-state index contributed by atoms with van der Waals surface area (Å²) in [7, 11) is 1.69. The molecular formula is C23H29N3O6S. The van der Waals surface area contributed by atoms with Crippen LogP contribution < -0.4 is 5.32 Å². The molecule has 2 aliphatic heterocycles. The first-order valence-electron chi connectivity index (χ1n) is 10.9. The average Bonchev–Trinajstić information content (AvgIpc) is 2.97. The standard InChI is InChI=1S/C23H29N3O6S/c1-23(2,3)32-22(31)25(4)12-5-6-13-33-16-9-7-8-14-18(16)21(30)26(20(14)29)15-10-11-17(27)24-19(15)28/h7-9,15H,5-6,10-13H2,1-4H3,(H,24,27,28). The number of carbonyl (C=O) groups excluding carboxylic acids is 5. The van der Waals surface area contributed by atoms with Gasteiger partial charge >= 0.3 is 6.09 Å². The predicted molar refractivity (Wildman–Crippen MR) is 122 cm³/mol. The van der Waals surface area contributed by atoms with Crippen molar-refractivity contribution >= 4 is 41.5 Å². The number of nitrogens with zero attached hydrogens (tertiary/aromatic N) is 2. The predicted octanol–water partition coefficient (Wildman–Crippen LogP) is 2.83. The number of unbranched alkanes of at least 4 members (excludes halogenated alkanes) is 1. The largest absolute Gasteiger partial charge is 0.444 e. The number of nitrogens with one attached hydrogen (secondary N) is 1. The van der Waals surface area contributed by atoms with Gasteiger partial charge in [0.25, 0.3) is 11.8 Å². The summed E-state index contributed by atoms with van der Waals surface area (Å²) in [6.45, 7) is 6.01. The summed E-state index contributed by atoms with van der Waals surface area (Å²) in [5, 5.41) is 2.20. The fraction of sp³-hybridized carbons (Fsp3) is 0.522. The number of imide groups is 2. The lowest BCUT2D eigenvalue weighted by Gasteiger charge is -2.27. The van der Waals surface area contributed by atoms with Crippen LogP contribution in [-0.4, -0.2) is 70.5 Å². The number of carbonyl (C=O) groups is 5. The molecular weight excluding hydrogens is 446 g/mol. The van der Waals surface area contributed by atoms with Gasteiger partial charge in [-0.3, -0.25) is 29.4 Å². The van der Waals surface area contributed by atoms with Crippen molar-refractivity contribution in [3.63, 3.8) is 0 Å². The van der Waals surface area contributed by atoms with Crippen LogP contribution in [0.2, 0.25) is 0 Å². The van der Waals surface area contributed by atoms with E-state index < -0.39 is 35.3 Å². The first kappa shape index (κ1) is 24.8. The van der Waals surface area contributed by atoms with E-state index in [2.05, 4.69) is 5.32 Å². The highest BCUT2D eigenvalue weighted by atomic mass is 32.2. The van der Waals surface area contributed by atoms with Gasteiger partial charge in [0.2, 0.25) is 11.8 Å². The van der Waals surface area contributed by atoms with Crippen LogP contribution in [0.15, 0.2) is 23.1 Å². The van der Waals surface area contributed by atoms with Crippen LogP contribution in [0.4, 0.5) is 4.79 Å². The average molecular weight is 476 g/mol. The molecule has 1 N–H and O–H groups in total. The van der Waals surface area contributed by atoms with Gasteiger partial charge in [0.05, 0.1) is 11.1 Å². The SMILES string of the molecule is CN(CCCCSc1cccc2c1C(=O)N(C1CCC(=O)NC1=O)C2=O)C(=O)OC(C)(C)C. The molecule has 2 heterocycles. The van der Waals surface area contributed by atoms with Gasteiger partial charge in [-0.1, -0.05) is 6.07 Å². The summed E-state index contributed by atoms with van der Waals surface area (Å²) in [6.07, 6.45) is 1.40. The van der Waals surface area contributed by atoms with E-state index in [9.17, 15) is 24.0 Å². The number of hydrogen-bond donors (Lipinski definition) is 1. The highest BCUT2D eigenvalue weighted by Gasteiger charge is 2.45. The second-order valence-electron chi connectivity index (χ2n) is 9.08. The maximum atomic E-state index is 13.1. The molecule has 0 aromatic heterocycles. The normalized spacial score (nSPS) is 18.3. The molecule has 33 heavy (non-hydrogen) atoms. The number of benzene rings is 1. The Hall–Kier alpha value is -2.88. The Morgan fingerprint density at radius 2 is 1.91 bits per heavy atom. The summed E-state index contributed by atoms with van der Waals surface area (Å²) >= 11 is 1.46. The van der Waals surface area contributed by atoms with Crippen molar-refractivity contribution in [3.8, 4) is 0 Å². The zero-order valence-corrected chi connectivity index (χ0v) is 20.1. The van der Waals surface area contributed by atoms with Crippen LogP contribution >= 0.6 is 11.8 Å². The molecule has 1 aromatic carbocycles. The van der Waals surface area contributed by atoms with Crippen molar-refractivity contribution in [2.24, 2.45) is 0 Å². The van der Waals surface area contributed by atoms with Gasteiger partial charge in [0.1, 0.15) is 11.6 Å². The summed E-state index contributed by atoms with van der Waals surface area (Å²) in [6, 6.07) is 4.12. The van der Waals surface area contributed by atoms with Gasteiger partial charge in [-0.15, -0.1) is 11.8 Å². The first-order valence-corrected chi connectivity index (χ1v) is 11.9. The van der Waals surface area contributed by atoms with Crippen LogP contribution in [0.1, 0.15) is 67.2 Å². The van der Waals surface area contributed by atoms with E-state index in [-0.39, 0.29) is 24.5 Å². The van der Waals surface area contributed by atoms with Crippen molar-refractivity contribution in [3.05, 3.63) is 29.3 Å². The smallest absolute Gasteiger partial charge is 0.410 e. The molecule has 0 radical (unpaired) electrons. The minimum Gasteiger partial charge on any atom is -0.444 e. The van der Waals surface area contributed by atoms with E-state index in [4.69, 9.17) is 4.74 Å². The molecule has 2 aliphatic rings. The van der Waals surface area contributed by atoms with Crippen LogP contribution in [0.3, 0.4) is 0 Å². The van der Waals surface area contributed by atoms with Crippen molar-refractivity contribution in [1.29, 1.82) is 0 Å². The molecule has 3 rings (SSSR count). The van der Waals surface area contributed by atoms with E-state index in [1.807, 2.05) is 20.8 Å². The fourth-order valence-corrected chi connectivity index (χ4v) is 4.75. The first-order chi connectivity index (χ1) is 15.5. The van der Waals surface area contributed by atoms with Crippen molar-refractivity contribution in [1.82, 2.24) is 15.1 Å². The van der Waals surface area contributed by atoms with Gasteiger partial charge in [0.15, 0.2) is 0 Å². The Morgan fingerprint density at radius 1 is 1.18 bits per heavy atom. The number of ether oxygens (including phenoxy) is 1. The highest BCUT2D eigenvalue weighted by Crippen LogP contribution is 2.34. The molecule has 0 saturated carbocycles. The minimum atomic E-state index is -0.976. The maximum Gasteiger partial charge on any atom is 0.410 e. The Bertz CT molecular complexity index is 987. The van der Waals surface area contributed by atoms with E-state index in [0.717, 1.165) is 17.7 Å². The molecule has 1 fully saturated rings. The maximum absolute atomic E-state index is 13.1. The highest BCUT2D eigenvalue weighted by molar-refractivity contribution is 7.99. The molecule has 1 atom stereocenters. The topological polar surface area (TPSA) is 113 Å². The Morgan fingerprint density at radius 3 is 2.58 bits per heavy atom. The molecule has 1 saturated heterocycles. The van der Waals surface area contributed by atoms with Crippen LogP contribution in [0.25, 0.3) is 0 Å². The summed E-state index contributed by atoms with van der Waals surface area (Å²) < 4.78 is 5.33. The number of rotatable bonds is 7. The third-order valence-corrected chi connectivity index (χ3v) is 6.42. The number of fused-ring (bicyclic) bond motifs is 1. The summed E-state index contributed by atoms with van der Waals surface area (Å²) in [5.41, 5.74) is 0.0445. The van der Waals surface area contributed by atoms with Crippen molar-refractivity contribution in [2.75, 3.05) is 19.3 Å². The lowest BCUT2D eigenvalue weighted by atomic mass is 10.0. The molecule has 5 amide bonds. The quantitative estimate of drug-likeness (QED) is 0.366. The second-order valence-corrected chi connectivity index (χ2v) is 10.2. The van der Waals surface area contributed by atoms with E-state index in [1.54, 1.807) is 25.2 Å². The van der Waals surface area contributed by atoms with Gasteiger partial charge in [-0.05, 0) is 57.9 Å². The minimum absolute atomic E-state index is 0.0865. The van der Waals surface area contributed by atoms with Gasteiger partial charge in [-0.2, -0.15) is 0 Å². The molecule has 10 heteroatoms. The monoisotopic (exact) mass is 475 g/mol. The third kappa shape index (κ3) is 5.73. The fourth-order valence-electron chi connectivity index (χ4n) is 3.67. The molecule has 0 aliphatic carbocycles. The zero-order valence-electron chi connectivity index (χ0n) is 19.3.